The Morgan fingerprint density at radius 1 is 1.28 bits per heavy atom. The Morgan fingerprint density at radius 3 is 2.61 bits per heavy atom. The van der Waals surface area contributed by atoms with Gasteiger partial charge in [-0.25, -0.2) is 0 Å². The smallest absolute Gasteiger partial charge is 0.123 e. The Morgan fingerprint density at radius 2 is 2.00 bits per heavy atom. The van der Waals surface area contributed by atoms with Gasteiger partial charge in [0.25, 0.3) is 0 Å². The van der Waals surface area contributed by atoms with Crippen molar-refractivity contribution in [3.8, 4) is 11.5 Å². The summed E-state index contributed by atoms with van der Waals surface area (Å²) in [7, 11) is 2.00. The predicted octanol–water partition coefficient (Wildman–Crippen LogP) is 1.53. The van der Waals surface area contributed by atoms with E-state index in [0.717, 1.165) is 37.7 Å². The van der Waals surface area contributed by atoms with E-state index in [9.17, 15) is 10.2 Å². The van der Waals surface area contributed by atoms with Gasteiger partial charge in [-0.15, -0.1) is 0 Å². The second kappa shape index (κ2) is 6.07. The largest absolute Gasteiger partial charge is 0.508 e. The molecule has 0 amide bonds. The summed E-state index contributed by atoms with van der Waals surface area (Å²) in [5.74, 6) is 1.08. The minimum Gasteiger partial charge on any atom is -0.508 e. The number of phenolic OH excluding ortho intramolecular Hbond substituents is 2. The molecule has 1 saturated heterocycles. The van der Waals surface area contributed by atoms with Gasteiger partial charge < -0.3 is 15.5 Å². The Hall–Kier alpha value is -1.26. The van der Waals surface area contributed by atoms with E-state index in [4.69, 9.17) is 0 Å². The molecule has 1 aliphatic rings. The van der Waals surface area contributed by atoms with Crippen molar-refractivity contribution in [2.75, 3.05) is 26.7 Å². The van der Waals surface area contributed by atoms with Gasteiger partial charge in [0.2, 0.25) is 0 Å². The van der Waals surface area contributed by atoms with Crippen LogP contribution in [0.2, 0.25) is 0 Å². The average Bonchev–Trinajstić information content (AvgIpc) is 2.35. The van der Waals surface area contributed by atoms with Crippen LogP contribution in [0, 0.1) is 5.92 Å². The third kappa shape index (κ3) is 3.37. The topological polar surface area (TPSA) is 55.7 Å². The van der Waals surface area contributed by atoms with Crippen molar-refractivity contribution in [1.29, 1.82) is 0 Å². The van der Waals surface area contributed by atoms with Crippen molar-refractivity contribution < 1.29 is 10.2 Å². The molecule has 0 bridgehead atoms. The summed E-state index contributed by atoms with van der Waals surface area (Å²) in [6.45, 7) is 4.01. The van der Waals surface area contributed by atoms with Gasteiger partial charge >= 0.3 is 0 Å². The number of nitrogens with zero attached hydrogens (tertiary/aromatic N) is 1. The SMILES string of the molecule is CNCC1CCN(Cc2ccc(O)cc2O)CC1. The maximum Gasteiger partial charge on any atom is 0.123 e. The average molecular weight is 250 g/mol. The number of nitrogens with one attached hydrogen (secondary N) is 1. The van der Waals surface area contributed by atoms with Crippen LogP contribution in [-0.2, 0) is 6.54 Å². The molecule has 100 valence electrons. The van der Waals surface area contributed by atoms with E-state index >= 15 is 0 Å². The Bertz CT molecular complexity index is 387. The zero-order chi connectivity index (χ0) is 13.0. The first kappa shape index (κ1) is 13.2. The predicted molar refractivity (Wildman–Crippen MR) is 71.7 cm³/mol. The molecule has 1 aromatic rings. The molecule has 0 spiro atoms. The molecular weight excluding hydrogens is 228 g/mol. The monoisotopic (exact) mass is 250 g/mol. The number of aromatic hydroxyl groups is 2. The lowest BCUT2D eigenvalue weighted by Crippen LogP contribution is -2.36. The summed E-state index contributed by atoms with van der Waals surface area (Å²) < 4.78 is 0. The number of piperidine rings is 1. The molecule has 0 saturated carbocycles. The molecule has 4 heteroatoms. The molecule has 0 aliphatic carbocycles. The van der Waals surface area contributed by atoms with Gasteiger partial charge in [0.1, 0.15) is 11.5 Å². The maximum atomic E-state index is 9.76. The molecule has 0 radical (unpaired) electrons. The molecule has 1 aromatic carbocycles. The first-order chi connectivity index (χ1) is 8.69. The summed E-state index contributed by atoms with van der Waals surface area (Å²) in [6, 6.07) is 4.83. The van der Waals surface area contributed by atoms with E-state index in [1.165, 1.54) is 18.9 Å². The second-order valence-corrected chi connectivity index (χ2v) is 5.09. The normalized spacial score (nSPS) is 18.1. The van der Waals surface area contributed by atoms with E-state index in [0.29, 0.717) is 0 Å². The third-order valence-corrected chi connectivity index (χ3v) is 3.66. The summed E-state index contributed by atoms with van der Waals surface area (Å²) in [4.78, 5) is 2.36. The number of hydrogen-bond donors (Lipinski definition) is 3. The number of benzene rings is 1. The Kier molecular flexibility index (Phi) is 4.44. The second-order valence-electron chi connectivity index (χ2n) is 5.09. The Labute approximate surface area is 108 Å². The van der Waals surface area contributed by atoms with Crippen molar-refractivity contribution in [1.82, 2.24) is 10.2 Å². The molecule has 4 nitrogen and oxygen atoms in total. The zero-order valence-electron chi connectivity index (χ0n) is 10.9. The zero-order valence-corrected chi connectivity index (χ0v) is 10.9. The van der Waals surface area contributed by atoms with Gasteiger partial charge in [-0.05, 0) is 51.5 Å². The molecule has 2 rings (SSSR count). The van der Waals surface area contributed by atoms with Gasteiger partial charge in [-0.2, -0.15) is 0 Å². The van der Waals surface area contributed by atoms with Crippen LogP contribution in [0.1, 0.15) is 18.4 Å². The minimum absolute atomic E-state index is 0.115. The standard InChI is InChI=1S/C14H22N2O2/c1-15-9-11-4-6-16(7-5-11)10-12-2-3-13(17)8-14(12)18/h2-3,8,11,15,17-18H,4-7,9-10H2,1H3. The van der Waals surface area contributed by atoms with Crippen LogP contribution in [0.4, 0.5) is 0 Å². The number of phenols is 2. The highest BCUT2D eigenvalue weighted by Gasteiger charge is 2.19. The van der Waals surface area contributed by atoms with E-state index in [2.05, 4.69) is 10.2 Å². The summed E-state index contributed by atoms with van der Waals surface area (Å²) in [5.41, 5.74) is 0.889. The minimum atomic E-state index is 0.115. The van der Waals surface area contributed by atoms with Crippen molar-refractivity contribution in [2.24, 2.45) is 5.92 Å². The molecule has 1 heterocycles. The molecule has 0 unspecified atom stereocenters. The van der Waals surface area contributed by atoms with Crippen LogP contribution >= 0.6 is 0 Å². The van der Waals surface area contributed by atoms with Crippen molar-refractivity contribution in [3.63, 3.8) is 0 Å². The van der Waals surface area contributed by atoms with Crippen LogP contribution < -0.4 is 5.32 Å². The molecule has 3 N–H and O–H groups in total. The van der Waals surface area contributed by atoms with Crippen molar-refractivity contribution >= 4 is 0 Å². The van der Waals surface area contributed by atoms with Gasteiger partial charge in [-0.3, -0.25) is 4.90 Å². The number of likely N-dealkylation sites (tertiary alicyclic amines) is 1. The highest BCUT2D eigenvalue weighted by atomic mass is 16.3. The van der Waals surface area contributed by atoms with Crippen LogP contribution in [0.3, 0.4) is 0 Å². The lowest BCUT2D eigenvalue weighted by atomic mass is 9.96. The molecule has 1 aliphatic heterocycles. The van der Waals surface area contributed by atoms with Gasteiger partial charge in [-0.1, -0.05) is 6.07 Å². The van der Waals surface area contributed by atoms with Gasteiger partial charge in [0.05, 0.1) is 0 Å². The summed E-state index contributed by atoms with van der Waals surface area (Å²) >= 11 is 0. The van der Waals surface area contributed by atoms with Crippen molar-refractivity contribution in [2.45, 2.75) is 19.4 Å². The first-order valence-corrected chi connectivity index (χ1v) is 6.57. The molecule has 0 aromatic heterocycles. The quantitative estimate of drug-likeness (QED) is 0.758. The fourth-order valence-electron chi connectivity index (χ4n) is 2.56. The van der Waals surface area contributed by atoms with Gasteiger partial charge in [0.15, 0.2) is 0 Å². The number of rotatable bonds is 4. The van der Waals surface area contributed by atoms with E-state index in [-0.39, 0.29) is 11.5 Å². The molecule has 18 heavy (non-hydrogen) atoms. The molecular formula is C14H22N2O2. The van der Waals surface area contributed by atoms with Crippen LogP contribution in [0.25, 0.3) is 0 Å². The summed E-state index contributed by atoms with van der Waals surface area (Å²) in [5, 5.41) is 22.2. The fraction of sp³-hybridized carbons (Fsp3) is 0.571. The summed E-state index contributed by atoms with van der Waals surface area (Å²) in [6.07, 6.45) is 2.42. The third-order valence-electron chi connectivity index (χ3n) is 3.66. The maximum absolute atomic E-state index is 9.76. The first-order valence-electron chi connectivity index (χ1n) is 6.57. The molecule has 0 atom stereocenters. The highest BCUT2D eigenvalue weighted by Crippen LogP contribution is 2.25. The van der Waals surface area contributed by atoms with Crippen LogP contribution in [0.5, 0.6) is 11.5 Å². The van der Waals surface area contributed by atoms with E-state index < -0.39 is 0 Å². The fourth-order valence-corrected chi connectivity index (χ4v) is 2.56. The van der Waals surface area contributed by atoms with Gasteiger partial charge in [0, 0.05) is 18.2 Å². The van der Waals surface area contributed by atoms with E-state index in [1.54, 1.807) is 12.1 Å². The lowest BCUT2D eigenvalue weighted by molar-refractivity contribution is 0.175. The highest BCUT2D eigenvalue weighted by molar-refractivity contribution is 5.38. The van der Waals surface area contributed by atoms with Crippen LogP contribution in [0.15, 0.2) is 18.2 Å². The van der Waals surface area contributed by atoms with Crippen molar-refractivity contribution in [3.05, 3.63) is 23.8 Å². The number of hydrogen-bond acceptors (Lipinski definition) is 4. The molecule has 1 fully saturated rings. The van der Waals surface area contributed by atoms with E-state index in [1.807, 2.05) is 7.05 Å². The Balaban J connectivity index is 1.87. The van der Waals surface area contributed by atoms with Crippen LogP contribution in [-0.4, -0.2) is 41.8 Å². The lowest BCUT2D eigenvalue weighted by Gasteiger charge is -2.32.